The molecule has 1 unspecified atom stereocenters. The number of hydrogen-bond donors (Lipinski definition) is 2. The monoisotopic (exact) mass is 890 g/mol. The van der Waals surface area contributed by atoms with E-state index in [1.54, 1.807) is 41.9 Å². The Bertz CT molecular complexity index is 2290. The standard InChI is InChI=1S/C46H63N4O10PSi/c1-31(2)50(45(6,7)27-16-28-47)61(53,54)59-41-39(37-29-49(8)43(52)48-42(37)51)58-38(40(41)60-62(11,12)44(3,4)5)30-57-46(32-17-14-13-15-18-32,33-19-23-35(55-9)24-20-33)34-21-25-36(56-10)26-22-34/h13-15,17-26,29,31,38-41H,16,27,30H2,1-12H3,(H,53,54)(H,48,51,52)/t38-,39+,40-,41+/m1/s1. The van der Waals surface area contributed by atoms with Crippen LogP contribution in [0.4, 0.5) is 0 Å². The number of aromatic amines is 1. The minimum Gasteiger partial charge on any atom is -0.497 e. The number of methoxy groups -OCH3 is 2. The maximum absolute atomic E-state index is 15.0. The van der Waals surface area contributed by atoms with Gasteiger partial charge >= 0.3 is 13.4 Å². The molecule has 1 aliphatic heterocycles. The van der Waals surface area contributed by atoms with Crippen LogP contribution in [0.25, 0.3) is 0 Å². The average molecular weight is 891 g/mol. The fraction of sp³-hybridized carbons (Fsp3) is 0.500. The smallest absolute Gasteiger partial charge is 0.406 e. The van der Waals surface area contributed by atoms with Crippen molar-refractivity contribution in [3.05, 3.63) is 128 Å². The van der Waals surface area contributed by atoms with Crippen LogP contribution in [-0.4, -0.2) is 78.2 Å². The van der Waals surface area contributed by atoms with Gasteiger partial charge in [0.1, 0.15) is 41.5 Å². The highest BCUT2D eigenvalue weighted by molar-refractivity contribution is 7.50. The maximum Gasteiger partial charge on any atom is 0.406 e. The molecule has 2 N–H and O–H groups in total. The molecule has 1 aromatic heterocycles. The summed E-state index contributed by atoms with van der Waals surface area (Å²) in [5.41, 5.74) is -1.31. The number of nitriles is 1. The van der Waals surface area contributed by atoms with E-state index in [0.29, 0.717) is 11.5 Å². The highest BCUT2D eigenvalue weighted by atomic mass is 31.2. The summed E-state index contributed by atoms with van der Waals surface area (Å²) in [4.78, 5) is 41.0. The topological polar surface area (TPSA) is 175 Å². The van der Waals surface area contributed by atoms with Gasteiger partial charge in [0.25, 0.3) is 5.56 Å². The van der Waals surface area contributed by atoms with Gasteiger partial charge in [0.2, 0.25) is 0 Å². The van der Waals surface area contributed by atoms with Gasteiger partial charge in [-0.3, -0.25) is 14.3 Å². The zero-order valence-electron chi connectivity index (χ0n) is 38.0. The lowest BCUT2D eigenvalue weighted by Crippen LogP contribution is -2.52. The molecular weight excluding hydrogens is 828 g/mol. The van der Waals surface area contributed by atoms with Gasteiger partial charge in [-0.1, -0.05) is 75.4 Å². The van der Waals surface area contributed by atoms with Crippen LogP contribution >= 0.6 is 7.75 Å². The Morgan fingerprint density at radius 3 is 1.92 bits per heavy atom. The second-order valence-electron chi connectivity index (χ2n) is 18.2. The third-order valence-electron chi connectivity index (χ3n) is 12.1. The first-order valence-electron chi connectivity index (χ1n) is 20.8. The summed E-state index contributed by atoms with van der Waals surface area (Å²) >= 11 is 0. The maximum atomic E-state index is 15.0. The van der Waals surface area contributed by atoms with Crippen molar-refractivity contribution < 1.29 is 37.4 Å². The first kappa shape index (κ1) is 48.7. The van der Waals surface area contributed by atoms with Crippen LogP contribution in [0, 0.1) is 11.3 Å². The van der Waals surface area contributed by atoms with Crippen LogP contribution in [0.15, 0.2) is 94.6 Å². The van der Waals surface area contributed by atoms with Crippen molar-refractivity contribution >= 4 is 16.1 Å². The van der Waals surface area contributed by atoms with Gasteiger partial charge in [0.15, 0.2) is 8.32 Å². The minimum absolute atomic E-state index is 0.00269. The molecule has 14 nitrogen and oxygen atoms in total. The van der Waals surface area contributed by atoms with Crippen LogP contribution in [0.3, 0.4) is 0 Å². The van der Waals surface area contributed by atoms with E-state index in [9.17, 15) is 24.3 Å². The lowest BCUT2D eigenvalue weighted by atomic mass is 9.80. The van der Waals surface area contributed by atoms with Crippen molar-refractivity contribution in [1.82, 2.24) is 14.2 Å². The molecule has 336 valence electrons. The van der Waals surface area contributed by atoms with Crippen LogP contribution < -0.4 is 20.7 Å². The summed E-state index contributed by atoms with van der Waals surface area (Å²) in [5.74, 6) is 1.30. The highest BCUT2D eigenvalue weighted by Gasteiger charge is 2.56. The Morgan fingerprint density at radius 1 is 0.903 bits per heavy atom. The van der Waals surface area contributed by atoms with E-state index >= 15 is 0 Å². The quantitative estimate of drug-likeness (QED) is 0.0558. The number of aryl methyl sites for hydroxylation is 1. The van der Waals surface area contributed by atoms with Gasteiger partial charge in [-0.25, -0.2) is 14.0 Å². The molecule has 0 saturated carbocycles. The molecule has 0 bridgehead atoms. The summed E-state index contributed by atoms with van der Waals surface area (Å²) in [5, 5.41) is 9.14. The van der Waals surface area contributed by atoms with Crippen molar-refractivity contribution in [2.45, 2.75) is 121 Å². The highest BCUT2D eigenvalue weighted by Crippen LogP contribution is 2.57. The molecule has 0 aliphatic carbocycles. The fourth-order valence-electron chi connectivity index (χ4n) is 7.97. The predicted molar refractivity (Wildman–Crippen MR) is 241 cm³/mol. The normalized spacial score (nSPS) is 19.6. The summed E-state index contributed by atoms with van der Waals surface area (Å²) in [6.45, 7) is 17.3. The molecular formula is C46H63N4O10PSi. The summed E-state index contributed by atoms with van der Waals surface area (Å²) in [7, 11) is -2.91. The molecule has 5 atom stereocenters. The number of H-pyrrole nitrogens is 1. The van der Waals surface area contributed by atoms with Crippen molar-refractivity contribution in [1.29, 1.82) is 5.26 Å². The molecule has 4 aromatic rings. The van der Waals surface area contributed by atoms with E-state index in [-0.39, 0.29) is 30.1 Å². The van der Waals surface area contributed by atoms with Gasteiger partial charge < -0.3 is 32.8 Å². The van der Waals surface area contributed by atoms with E-state index in [4.69, 9.17) is 27.9 Å². The second kappa shape index (κ2) is 19.2. The van der Waals surface area contributed by atoms with Crippen molar-refractivity contribution in [2.75, 3.05) is 20.8 Å². The van der Waals surface area contributed by atoms with Crippen LogP contribution in [0.5, 0.6) is 11.5 Å². The number of nitrogens with zero attached hydrogens (tertiary/aromatic N) is 3. The minimum atomic E-state index is -4.81. The molecule has 3 aromatic carbocycles. The molecule has 5 rings (SSSR count). The Balaban J connectivity index is 1.74. The molecule has 1 aliphatic rings. The van der Waals surface area contributed by atoms with Crippen LogP contribution in [0.1, 0.15) is 89.7 Å². The summed E-state index contributed by atoms with van der Waals surface area (Å²) in [6.07, 6.45) is -2.98. The van der Waals surface area contributed by atoms with Gasteiger partial charge in [-0.2, -0.15) is 5.26 Å². The van der Waals surface area contributed by atoms with E-state index in [1.807, 2.05) is 78.9 Å². The number of ether oxygens (including phenoxy) is 4. The van der Waals surface area contributed by atoms with Crippen molar-refractivity contribution in [3.8, 4) is 17.6 Å². The Morgan fingerprint density at radius 2 is 1.44 bits per heavy atom. The van der Waals surface area contributed by atoms with Gasteiger partial charge in [0, 0.05) is 31.2 Å². The second-order valence-corrected chi connectivity index (χ2v) is 24.6. The van der Waals surface area contributed by atoms with Crippen LogP contribution in [0.2, 0.25) is 18.1 Å². The van der Waals surface area contributed by atoms with Crippen molar-refractivity contribution in [3.63, 3.8) is 0 Å². The average Bonchev–Trinajstić information content (AvgIpc) is 3.52. The number of hydrogen-bond acceptors (Lipinski definition) is 10. The molecule has 0 radical (unpaired) electrons. The molecule has 1 fully saturated rings. The third kappa shape index (κ3) is 10.2. The number of aromatic nitrogens is 2. The largest absolute Gasteiger partial charge is 0.497 e. The lowest BCUT2D eigenvalue weighted by molar-refractivity contribution is -0.0811. The zero-order chi connectivity index (χ0) is 45.8. The SMILES string of the molecule is COc1ccc(C(OC[C@H]2O[C@@H](c3cn(C)c(=O)[nH]c3=O)[C@H](OP(=O)(O)N(C(C)C)C(C)(C)CCC#N)[C@@H]2O[Si](C)(C)C(C)(C)C)(c2ccccc2)c2ccc(OC)cc2)cc1. The van der Waals surface area contributed by atoms with E-state index < -0.39 is 68.9 Å². The Hall–Kier alpha value is -4.36. The van der Waals surface area contributed by atoms with E-state index in [0.717, 1.165) is 16.7 Å². The van der Waals surface area contributed by atoms with Gasteiger partial charge in [0.05, 0.1) is 32.5 Å². The zero-order valence-corrected chi connectivity index (χ0v) is 39.9. The van der Waals surface area contributed by atoms with Gasteiger partial charge in [-0.05, 0) is 93.2 Å². The van der Waals surface area contributed by atoms with Crippen molar-refractivity contribution in [2.24, 2.45) is 7.05 Å². The first-order chi connectivity index (χ1) is 29.0. The molecule has 62 heavy (non-hydrogen) atoms. The number of benzene rings is 3. The van der Waals surface area contributed by atoms with E-state index in [1.165, 1.54) is 22.5 Å². The molecule has 0 amide bonds. The fourth-order valence-corrected chi connectivity index (χ4v) is 11.3. The molecule has 1 saturated heterocycles. The lowest BCUT2D eigenvalue weighted by Gasteiger charge is -2.44. The third-order valence-corrected chi connectivity index (χ3v) is 18.7. The number of nitrogens with one attached hydrogen (secondary N) is 1. The summed E-state index contributed by atoms with van der Waals surface area (Å²) in [6, 6.07) is 26.5. The molecule has 0 spiro atoms. The van der Waals surface area contributed by atoms with Crippen LogP contribution in [-0.2, 0) is 35.6 Å². The predicted octanol–water partition coefficient (Wildman–Crippen LogP) is 8.21. The Kier molecular flexibility index (Phi) is 15.0. The molecule has 16 heteroatoms. The molecule has 2 heterocycles. The van der Waals surface area contributed by atoms with E-state index in [2.05, 4.69) is 44.9 Å². The Labute approximate surface area is 366 Å². The van der Waals surface area contributed by atoms with Gasteiger partial charge in [-0.15, -0.1) is 0 Å². The summed E-state index contributed by atoms with van der Waals surface area (Å²) < 4.78 is 56.6. The number of rotatable bonds is 18. The first-order valence-corrected chi connectivity index (χ1v) is 25.3.